The van der Waals surface area contributed by atoms with Gasteiger partial charge in [0, 0.05) is 11.8 Å². The molecule has 104 valence electrons. The second-order valence-electron chi connectivity index (χ2n) is 4.91. The summed E-state index contributed by atoms with van der Waals surface area (Å²) in [7, 11) is 0. The summed E-state index contributed by atoms with van der Waals surface area (Å²) in [5.74, 6) is 0.227. The highest BCUT2D eigenvalue weighted by atomic mass is 16.5. The van der Waals surface area contributed by atoms with Crippen LogP contribution in [0.1, 0.15) is 32.6 Å². The summed E-state index contributed by atoms with van der Waals surface area (Å²) in [4.78, 5) is 15.0. The van der Waals surface area contributed by atoms with E-state index in [-0.39, 0.29) is 5.56 Å². The summed E-state index contributed by atoms with van der Waals surface area (Å²) in [5, 5.41) is 8.93. The Balaban J connectivity index is 2.41. The van der Waals surface area contributed by atoms with Crippen LogP contribution in [0.15, 0.2) is 24.4 Å². The highest BCUT2D eigenvalue weighted by Crippen LogP contribution is 2.31. The molecule has 0 atom stereocenters. The molecule has 0 amide bonds. The lowest BCUT2D eigenvalue weighted by Crippen LogP contribution is -2.01. The molecule has 1 heterocycles. The lowest BCUT2D eigenvalue weighted by molar-refractivity contribution is 0.0696. The zero-order chi connectivity index (χ0) is 14.9. The number of ether oxygens (including phenoxy) is 1. The van der Waals surface area contributed by atoms with E-state index in [9.17, 15) is 4.79 Å². The van der Waals surface area contributed by atoms with E-state index in [1.165, 1.54) is 6.20 Å². The molecule has 0 bridgehead atoms. The summed E-state index contributed by atoms with van der Waals surface area (Å²) >= 11 is 0. The van der Waals surface area contributed by atoms with Gasteiger partial charge >= 0.3 is 5.97 Å². The zero-order valence-corrected chi connectivity index (χ0v) is 12.0. The summed E-state index contributed by atoms with van der Waals surface area (Å²) in [6, 6.07) is 5.61. The van der Waals surface area contributed by atoms with Gasteiger partial charge in [-0.1, -0.05) is 12.1 Å². The Labute approximate surface area is 118 Å². The molecule has 4 heteroatoms. The van der Waals surface area contributed by atoms with Gasteiger partial charge in [-0.15, -0.1) is 0 Å². The van der Waals surface area contributed by atoms with Crippen molar-refractivity contribution in [3.8, 4) is 11.6 Å². The molecular formula is C16H17NO3. The number of carboxylic acid groups (broad SMARTS) is 1. The summed E-state index contributed by atoms with van der Waals surface area (Å²) < 4.78 is 5.88. The highest BCUT2D eigenvalue weighted by molar-refractivity contribution is 5.87. The third-order valence-corrected chi connectivity index (χ3v) is 3.35. The van der Waals surface area contributed by atoms with Gasteiger partial charge in [0.25, 0.3) is 0 Å². The molecule has 0 saturated carbocycles. The Kier molecular flexibility index (Phi) is 3.74. The van der Waals surface area contributed by atoms with E-state index < -0.39 is 5.97 Å². The van der Waals surface area contributed by atoms with E-state index >= 15 is 0 Å². The van der Waals surface area contributed by atoms with Gasteiger partial charge < -0.3 is 9.84 Å². The Morgan fingerprint density at radius 1 is 1.10 bits per heavy atom. The Morgan fingerprint density at radius 2 is 1.75 bits per heavy atom. The molecule has 0 radical (unpaired) electrons. The van der Waals surface area contributed by atoms with Crippen LogP contribution in [0, 0.1) is 27.7 Å². The van der Waals surface area contributed by atoms with Gasteiger partial charge in [0.1, 0.15) is 5.75 Å². The molecule has 0 fully saturated rings. The average molecular weight is 271 g/mol. The van der Waals surface area contributed by atoms with Crippen LogP contribution >= 0.6 is 0 Å². The predicted molar refractivity (Wildman–Crippen MR) is 76.7 cm³/mol. The molecule has 0 aliphatic rings. The maximum absolute atomic E-state index is 10.9. The largest absolute Gasteiger partial charge is 0.478 e. The first-order valence-electron chi connectivity index (χ1n) is 6.34. The standard InChI is InChI=1S/C16H17NO3/c1-9-5-6-10(2)14(12(9)4)20-15-11(3)7-13(8-17-15)16(18)19/h5-8H,1-4H3,(H,18,19). The number of pyridine rings is 1. The first kappa shape index (κ1) is 14.1. The highest BCUT2D eigenvalue weighted by Gasteiger charge is 2.12. The lowest BCUT2D eigenvalue weighted by Gasteiger charge is -2.14. The second-order valence-corrected chi connectivity index (χ2v) is 4.91. The van der Waals surface area contributed by atoms with Crippen LogP contribution < -0.4 is 4.74 Å². The Hall–Kier alpha value is -2.36. The smallest absolute Gasteiger partial charge is 0.337 e. The molecule has 2 aromatic rings. The van der Waals surface area contributed by atoms with Gasteiger partial charge in [0.2, 0.25) is 5.88 Å². The fraction of sp³-hybridized carbons (Fsp3) is 0.250. The van der Waals surface area contributed by atoms with E-state index in [1.54, 1.807) is 13.0 Å². The SMILES string of the molecule is Cc1cc(C(=O)O)cnc1Oc1c(C)ccc(C)c1C. The molecule has 0 aliphatic heterocycles. The minimum Gasteiger partial charge on any atom is -0.478 e. The first-order valence-corrected chi connectivity index (χ1v) is 6.34. The Bertz CT molecular complexity index is 678. The van der Waals surface area contributed by atoms with E-state index in [0.29, 0.717) is 11.4 Å². The number of rotatable bonds is 3. The van der Waals surface area contributed by atoms with E-state index in [2.05, 4.69) is 4.98 Å². The molecule has 1 aromatic carbocycles. The predicted octanol–water partition coefficient (Wildman–Crippen LogP) is 3.81. The number of carboxylic acids is 1. The number of hydrogen-bond donors (Lipinski definition) is 1. The van der Waals surface area contributed by atoms with Gasteiger partial charge in [0.05, 0.1) is 5.56 Å². The van der Waals surface area contributed by atoms with Gasteiger partial charge in [-0.05, 0) is 50.5 Å². The normalized spacial score (nSPS) is 10.4. The first-order chi connectivity index (χ1) is 9.40. The molecule has 4 nitrogen and oxygen atoms in total. The van der Waals surface area contributed by atoms with Gasteiger partial charge in [0.15, 0.2) is 0 Å². The number of carbonyl (C=O) groups is 1. The van der Waals surface area contributed by atoms with Crippen LogP contribution in [-0.2, 0) is 0 Å². The number of hydrogen-bond acceptors (Lipinski definition) is 3. The Morgan fingerprint density at radius 3 is 2.35 bits per heavy atom. The van der Waals surface area contributed by atoms with Crippen molar-refractivity contribution in [2.24, 2.45) is 0 Å². The molecule has 0 unspecified atom stereocenters. The van der Waals surface area contributed by atoms with Gasteiger partial charge in [-0.25, -0.2) is 9.78 Å². The third-order valence-electron chi connectivity index (χ3n) is 3.35. The van der Waals surface area contributed by atoms with Crippen LogP contribution in [0.4, 0.5) is 0 Å². The summed E-state index contributed by atoms with van der Waals surface area (Å²) in [6.07, 6.45) is 1.31. The van der Waals surface area contributed by atoms with Crippen molar-refractivity contribution in [3.63, 3.8) is 0 Å². The molecular weight excluding hydrogens is 254 g/mol. The average Bonchev–Trinajstić information content (AvgIpc) is 2.40. The molecule has 2 rings (SSSR count). The van der Waals surface area contributed by atoms with Crippen LogP contribution in [0.3, 0.4) is 0 Å². The van der Waals surface area contributed by atoms with Crippen molar-refractivity contribution < 1.29 is 14.6 Å². The van der Waals surface area contributed by atoms with Crippen LogP contribution in [0.25, 0.3) is 0 Å². The van der Waals surface area contributed by atoms with Crippen LogP contribution in [0.5, 0.6) is 11.6 Å². The fourth-order valence-corrected chi connectivity index (χ4v) is 1.97. The monoisotopic (exact) mass is 271 g/mol. The minimum atomic E-state index is -0.991. The van der Waals surface area contributed by atoms with Crippen LogP contribution in [0.2, 0.25) is 0 Å². The van der Waals surface area contributed by atoms with Crippen molar-refractivity contribution in [2.45, 2.75) is 27.7 Å². The number of aromatic carboxylic acids is 1. The second kappa shape index (κ2) is 5.33. The maximum atomic E-state index is 10.9. The molecule has 1 N–H and O–H groups in total. The molecule has 0 aliphatic carbocycles. The molecule has 1 aromatic heterocycles. The van der Waals surface area contributed by atoms with Crippen molar-refractivity contribution in [1.82, 2.24) is 4.98 Å². The van der Waals surface area contributed by atoms with Gasteiger partial charge in [-0.3, -0.25) is 0 Å². The summed E-state index contributed by atoms with van der Waals surface area (Å²) in [5.41, 5.74) is 4.09. The number of nitrogens with zero attached hydrogens (tertiary/aromatic N) is 1. The third kappa shape index (κ3) is 2.64. The van der Waals surface area contributed by atoms with E-state index in [1.807, 2.05) is 32.9 Å². The van der Waals surface area contributed by atoms with E-state index in [4.69, 9.17) is 9.84 Å². The summed E-state index contributed by atoms with van der Waals surface area (Å²) in [6.45, 7) is 7.78. The molecule has 20 heavy (non-hydrogen) atoms. The zero-order valence-electron chi connectivity index (χ0n) is 12.0. The number of aryl methyl sites for hydroxylation is 3. The van der Waals surface area contributed by atoms with Crippen LogP contribution in [-0.4, -0.2) is 16.1 Å². The number of benzene rings is 1. The quantitative estimate of drug-likeness (QED) is 0.922. The van der Waals surface area contributed by atoms with Crippen molar-refractivity contribution in [2.75, 3.05) is 0 Å². The molecule has 0 saturated heterocycles. The fourth-order valence-electron chi connectivity index (χ4n) is 1.97. The van der Waals surface area contributed by atoms with E-state index in [0.717, 1.165) is 22.4 Å². The maximum Gasteiger partial charge on any atom is 0.337 e. The van der Waals surface area contributed by atoms with Crippen molar-refractivity contribution in [1.29, 1.82) is 0 Å². The lowest BCUT2D eigenvalue weighted by atomic mass is 10.1. The van der Waals surface area contributed by atoms with Crippen molar-refractivity contribution >= 4 is 5.97 Å². The molecule has 0 spiro atoms. The minimum absolute atomic E-state index is 0.160. The topological polar surface area (TPSA) is 59.4 Å². The van der Waals surface area contributed by atoms with Gasteiger partial charge in [-0.2, -0.15) is 0 Å². The van der Waals surface area contributed by atoms with Crippen molar-refractivity contribution in [3.05, 3.63) is 52.2 Å². The number of aromatic nitrogens is 1.